The fourth-order valence-electron chi connectivity index (χ4n) is 2.31. The molecule has 0 radical (unpaired) electrons. The number of hydrogen-bond acceptors (Lipinski definition) is 5. The largest absolute Gasteiger partial charge is 0.481 e. The van der Waals surface area contributed by atoms with E-state index in [9.17, 15) is 9.59 Å². The number of thiophene rings is 1. The Kier molecular flexibility index (Phi) is 6.20. The van der Waals surface area contributed by atoms with E-state index in [-0.39, 0.29) is 19.0 Å². The molecule has 4 nitrogen and oxygen atoms in total. The summed E-state index contributed by atoms with van der Waals surface area (Å²) >= 11 is 4.60. The summed E-state index contributed by atoms with van der Waals surface area (Å²) in [6.45, 7) is -0.555. The van der Waals surface area contributed by atoms with Crippen molar-refractivity contribution in [3.63, 3.8) is 0 Å². The normalized spacial score (nSPS) is 10.3. The second kappa shape index (κ2) is 8.78. The Morgan fingerprint density at radius 2 is 1.62 bits per heavy atom. The van der Waals surface area contributed by atoms with Crippen molar-refractivity contribution in [3.05, 3.63) is 75.4 Å². The van der Waals surface area contributed by atoms with Crippen LogP contribution in [-0.2, 0) is 9.53 Å². The predicted molar refractivity (Wildman–Crippen MR) is 105 cm³/mol. The number of ketones is 1. The summed E-state index contributed by atoms with van der Waals surface area (Å²) in [6, 6.07) is 20.7. The number of carbonyl (C=O) groups excluding carboxylic acids is 2. The molecule has 132 valence electrons. The Bertz CT molecular complexity index is 905. The van der Waals surface area contributed by atoms with E-state index >= 15 is 0 Å². The molecule has 3 aromatic rings. The number of ether oxygens (including phenoxy) is 2. The first-order chi connectivity index (χ1) is 12.6. The molecule has 26 heavy (non-hydrogen) atoms. The van der Waals surface area contributed by atoms with E-state index in [2.05, 4.69) is 15.9 Å². The predicted octanol–water partition coefficient (Wildman–Crippen LogP) is 4.98. The van der Waals surface area contributed by atoms with Gasteiger partial charge in [0.25, 0.3) is 0 Å². The van der Waals surface area contributed by atoms with Crippen LogP contribution in [0.1, 0.15) is 9.67 Å². The minimum absolute atomic E-state index is 0.237. The Hall–Kier alpha value is -2.44. The van der Waals surface area contributed by atoms with Gasteiger partial charge in [-0.25, -0.2) is 4.79 Å². The quantitative estimate of drug-likeness (QED) is 0.391. The van der Waals surface area contributed by atoms with Crippen molar-refractivity contribution >= 4 is 39.0 Å². The molecule has 0 aliphatic heterocycles. The van der Waals surface area contributed by atoms with Crippen LogP contribution in [-0.4, -0.2) is 25.0 Å². The average molecular weight is 431 g/mol. The molecule has 0 aliphatic carbocycles. The first-order valence-electron chi connectivity index (χ1n) is 7.85. The molecule has 0 spiro atoms. The van der Waals surface area contributed by atoms with Gasteiger partial charge in [-0.1, -0.05) is 48.5 Å². The first kappa shape index (κ1) is 18.4. The van der Waals surface area contributed by atoms with Crippen LogP contribution >= 0.6 is 27.3 Å². The standard InChI is InChI=1S/C20H15BrO4S/c21-19-11-10-18(26-19)16(22)12-25-20(23)13-24-17-9-5-4-8-15(17)14-6-2-1-3-7-14/h1-11H,12-13H2. The van der Waals surface area contributed by atoms with Crippen LogP contribution in [0.15, 0.2) is 70.5 Å². The van der Waals surface area contributed by atoms with Gasteiger partial charge in [0.05, 0.1) is 8.66 Å². The van der Waals surface area contributed by atoms with E-state index in [0.717, 1.165) is 14.9 Å². The third-order valence-electron chi connectivity index (χ3n) is 3.53. The van der Waals surface area contributed by atoms with E-state index in [0.29, 0.717) is 10.6 Å². The number of benzene rings is 2. The molecule has 3 rings (SSSR count). The Morgan fingerprint density at radius 1 is 0.885 bits per heavy atom. The highest BCUT2D eigenvalue weighted by molar-refractivity contribution is 9.11. The SMILES string of the molecule is O=C(COc1ccccc1-c1ccccc1)OCC(=O)c1ccc(Br)s1. The third kappa shape index (κ3) is 4.80. The number of carbonyl (C=O) groups is 2. The lowest BCUT2D eigenvalue weighted by molar-refractivity contribution is -0.144. The zero-order valence-corrected chi connectivity index (χ0v) is 16.1. The van der Waals surface area contributed by atoms with Crippen molar-refractivity contribution in [1.29, 1.82) is 0 Å². The van der Waals surface area contributed by atoms with E-state index < -0.39 is 5.97 Å². The molecule has 0 N–H and O–H groups in total. The molecule has 0 amide bonds. The van der Waals surface area contributed by atoms with Crippen LogP contribution in [0.3, 0.4) is 0 Å². The van der Waals surface area contributed by atoms with Gasteiger partial charge >= 0.3 is 5.97 Å². The van der Waals surface area contributed by atoms with Gasteiger partial charge in [-0.15, -0.1) is 11.3 Å². The molecule has 0 atom stereocenters. The zero-order chi connectivity index (χ0) is 18.4. The maximum atomic E-state index is 11.9. The molecule has 0 fully saturated rings. The summed E-state index contributed by atoms with van der Waals surface area (Å²) in [7, 11) is 0. The molecule has 0 aliphatic rings. The summed E-state index contributed by atoms with van der Waals surface area (Å²) < 4.78 is 11.5. The fraction of sp³-hybridized carbons (Fsp3) is 0.100. The highest BCUT2D eigenvalue weighted by Gasteiger charge is 2.13. The monoisotopic (exact) mass is 430 g/mol. The van der Waals surface area contributed by atoms with Crippen LogP contribution in [0.5, 0.6) is 5.75 Å². The summed E-state index contributed by atoms with van der Waals surface area (Å²) in [4.78, 5) is 24.4. The van der Waals surface area contributed by atoms with Gasteiger partial charge in [0, 0.05) is 5.56 Å². The van der Waals surface area contributed by atoms with Gasteiger partial charge in [0.2, 0.25) is 5.78 Å². The van der Waals surface area contributed by atoms with E-state index in [1.807, 2.05) is 48.5 Å². The number of esters is 1. The van der Waals surface area contributed by atoms with Gasteiger partial charge in [-0.3, -0.25) is 4.79 Å². The second-order valence-corrected chi connectivity index (χ2v) is 7.80. The smallest absolute Gasteiger partial charge is 0.344 e. The summed E-state index contributed by atoms with van der Waals surface area (Å²) in [5.41, 5.74) is 1.88. The van der Waals surface area contributed by atoms with Gasteiger partial charge in [-0.2, -0.15) is 0 Å². The summed E-state index contributed by atoms with van der Waals surface area (Å²) in [5, 5.41) is 0. The maximum Gasteiger partial charge on any atom is 0.344 e. The number of hydrogen-bond donors (Lipinski definition) is 0. The molecule has 0 unspecified atom stereocenters. The number of rotatable bonds is 7. The lowest BCUT2D eigenvalue weighted by Crippen LogP contribution is -2.19. The van der Waals surface area contributed by atoms with Gasteiger partial charge in [0.15, 0.2) is 13.2 Å². The zero-order valence-electron chi connectivity index (χ0n) is 13.7. The fourth-order valence-corrected chi connectivity index (χ4v) is 3.62. The van der Waals surface area contributed by atoms with E-state index in [1.165, 1.54) is 11.3 Å². The van der Waals surface area contributed by atoms with Crippen LogP contribution < -0.4 is 4.74 Å². The van der Waals surface area contributed by atoms with Crippen LogP contribution in [0, 0.1) is 0 Å². The van der Waals surface area contributed by atoms with Crippen molar-refractivity contribution in [1.82, 2.24) is 0 Å². The van der Waals surface area contributed by atoms with Crippen LogP contribution in [0.25, 0.3) is 11.1 Å². The molecule has 1 heterocycles. The third-order valence-corrected chi connectivity index (χ3v) is 5.19. The first-order valence-corrected chi connectivity index (χ1v) is 9.46. The average Bonchev–Trinajstić information content (AvgIpc) is 3.12. The Morgan fingerprint density at radius 3 is 2.35 bits per heavy atom. The second-order valence-electron chi connectivity index (χ2n) is 5.34. The van der Waals surface area contributed by atoms with Crippen molar-refractivity contribution in [2.24, 2.45) is 0 Å². The lowest BCUT2D eigenvalue weighted by Gasteiger charge is -2.11. The maximum absolute atomic E-state index is 11.9. The number of halogens is 1. The minimum Gasteiger partial charge on any atom is -0.481 e. The Labute approximate surface area is 163 Å². The summed E-state index contributed by atoms with van der Waals surface area (Å²) in [6.07, 6.45) is 0. The Balaban J connectivity index is 1.56. The molecular formula is C20H15BrO4S. The molecule has 1 aromatic heterocycles. The van der Waals surface area contributed by atoms with Crippen LogP contribution in [0.2, 0.25) is 0 Å². The van der Waals surface area contributed by atoms with E-state index in [4.69, 9.17) is 9.47 Å². The van der Waals surface area contributed by atoms with Gasteiger partial charge < -0.3 is 9.47 Å². The molecule has 0 saturated carbocycles. The molecular weight excluding hydrogens is 416 g/mol. The van der Waals surface area contributed by atoms with Crippen molar-refractivity contribution in [2.45, 2.75) is 0 Å². The molecule has 2 aromatic carbocycles. The van der Waals surface area contributed by atoms with Gasteiger partial charge in [-0.05, 0) is 39.7 Å². The molecule has 6 heteroatoms. The summed E-state index contributed by atoms with van der Waals surface area (Å²) in [5.74, 6) is -0.236. The minimum atomic E-state index is -0.586. The van der Waals surface area contributed by atoms with Crippen LogP contribution in [0.4, 0.5) is 0 Å². The van der Waals surface area contributed by atoms with Crippen molar-refractivity contribution in [3.8, 4) is 16.9 Å². The molecule has 0 bridgehead atoms. The highest BCUT2D eigenvalue weighted by Crippen LogP contribution is 2.29. The van der Waals surface area contributed by atoms with Crippen molar-refractivity contribution < 1.29 is 19.1 Å². The number of para-hydroxylation sites is 1. The van der Waals surface area contributed by atoms with Crippen molar-refractivity contribution in [2.75, 3.05) is 13.2 Å². The topological polar surface area (TPSA) is 52.6 Å². The molecule has 0 saturated heterocycles. The number of Topliss-reactive ketones (excluding diaryl/α,β-unsaturated/α-hetero) is 1. The highest BCUT2D eigenvalue weighted by atomic mass is 79.9. The van der Waals surface area contributed by atoms with E-state index in [1.54, 1.807) is 18.2 Å². The van der Waals surface area contributed by atoms with Gasteiger partial charge in [0.1, 0.15) is 5.75 Å². The lowest BCUT2D eigenvalue weighted by atomic mass is 10.1.